The van der Waals surface area contributed by atoms with Crippen LogP contribution in [0.2, 0.25) is 0 Å². The van der Waals surface area contributed by atoms with E-state index in [0.717, 1.165) is 68.8 Å². The lowest BCUT2D eigenvalue weighted by molar-refractivity contribution is -0.134. The molecule has 0 radical (unpaired) electrons. The molecule has 29 heavy (non-hydrogen) atoms. The van der Waals surface area contributed by atoms with E-state index in [1.54, 1.807) is 0 Å². The Hall–Kier alpha value is -2.27. The molecule has 1 aromatic heterocycles. The third kappa shape index (κ3) is 3.93. The van der Waals surface area contributed by atoms with Gasteiger partial charge in [-0.3, -0.25) is 4.79 Å². The van der Waals surface area contributed by atoms with E-state index < -0.39 is 0 Å². The van der Waals surface area contributed by atoms with Crippen molar-refractivity contribution >= 4 is 5.91 Å². The van der Waals surface area contributed by atoms with Gasteiger partial charge in [0.2, 0.25) is 5.91 Å². The molecule has 1 saturated heterocycles. The van der Waals surface area contributed by atoms with Crippen molar-refractivity contribution in [2.24, 2.45) is 0 Å². The van der Waals surface area contributed by atoms with Gasteiger partial charge in [0, 0.05) is 43.5 Å². The molecule has 1 atom stereocenters. The van der Waals surface area contributed by atoms with Gasteiger partial charge in [-0.05, 0) is 61.6 Å². The molecule has 152 valence electrons. The zero-order chi connectivity index (χ0) is 19.6. The highest BCUT2D eigenvalue weighted by Crippen LogP contribution is 2.30. The first-order valence-electron chi connectivity index (χ1n) is 11.2. The van der Waals surface area contributed by atoms with Crippen LogP contribution >= 0.6 is 0 Å². The van der Waals surface area contributed by atoms with Gasteiger partial charge >= 0.3 is 0 Å². The maximum Gasteiger partial charge on any atom is 0.227 e. The van der Waals surface area contributed by atoms with Crippen molar-refractivity contribution in [2.45, 2.75) is 70.4 Å². The van der Waals surface area contributed by atoms with Crippen molar-refractivity contribution in [3.05, 3.63) is 58.2 Å². The molecule has 1 amide bonds. The molecule has 0 saturated carbocycles. The molecule has 1 aromatic carbocycles. The van der Waals surface area contributed by atoms with E-state index >= 15 is 0 Å². The quantitative estimate of drug-likeness (QED) is 0.874. The summed E-state index contributed by atoms with van der Waals surface area (Å²) in [6, 6.07) is 6.69. The van der Waals surface area contributed by atoms with Gasteiger partial charge in [-0.25, -0.2) is 9.97 Å². The lowest BCUT2D eigenvalue weighted by Gasteiger charge is -2.35. The first kappa shape index (κ1) is 18.7. The SMILES string of the molecule is O=C(Cc1ccc2c(c1)CCCC2)N1CCCC[C@@H]1c1ncc2c(n1)CCNC2. The van der Waals surface area contributed by atoms with Crippen LogP contribution < -0.4 is 5.32 Å². The highest BCUT2D eigenvalue weighted by Gasteiger charge is 2.30. The first-order chi connectivity index (χ1) is 14.3. The van der Waals surface area contributed by atoms with Crippen molar-refractivity contribution in [2.75, 3.05) is 13.1 Å². The Bertz CT molecular complexity index is 910. The molecule has 2 aliphatic heterocycles. The number of fused-ring (bicyclic) bond motifs is 2. The third-order valence-electron chi connectivity index (χ3n) is 6.72. The fourth-order valence-electron chi connectivity index (χ4n) is 5.08. The number of carbonyl (C=O) groups is 1. The average Bonchev–Trinajstić information content (AvgIpc) is 2.78. The van der Waals surface area contributed by atoms with Crippen LogP contribution in [0.15, 0.2) is 24.4 Å². The minimum atomic E-state index is 0.0223. The summed E-state index contributed by atoms with van der Waals surface area (Å²) in [5, 5.41) is 3.37. The summed E-state index contributed by atoms with van der Waals surface area (Å²) in [5.41, 5.74) is 6.42. The van der Waals surface area contributed by atoms with Crippen LogP contribution in [0.25, 0.3) is 0 Å². The van der Waals surface area contributed by atoms with Gasteiger partial charge in [-0.1, -0.05) is 18.2 Å². The molecule has 2 aromatic rings. The zero-order valence-electron chi connectivity index (χ0n) is 17.1. The molecule has 5 nitrogen and oxygen atoms in total. The number of aryl methyl sites for hydroxylation is 2. The highest BCUT2D eigenvalue weighted by molar-refractivity contribution is 5.79. The van der Waals surface area contributed by atoms with Crippen molar-refractivity contribution < 1.29 is 4.79 Å². The summed E-state index contributed by atoms with van der Waals surface area (Å²) < 4.78 is 0. The Morgan fingerprint density at radius 2 is 1.97 bits per heavy atom. The normalized spacial score (nSPS) is 21.4. The average molecular weight is 391 g/mol. The molecular weight excluding hydrogens is 360 g/mol. The summed E-state index contributed by atoms with van der Waals surface area (Å²) in [7, 11) is 0. The van der Waals surface area contributed by atoms with Crippen LogP contribution in [0.4, 0.5) is 0 Å². The number of likely N-dealkylation sites (tertiary alicyclic amines) is 1. The van der Waals surface area contributed by atoms with E-state index in [0.29, 0.717) is 6.42 Å². The highest BCUT2D eigenvalue weighted by atomic mass is 16.2. The number of piperidine rings is 1. The molecule has 1 fully saturated rings. The number of hydrogen-bond donors (Lipinski definition) is 1. The standard InChI is InChI=1S/C24H30N4O/c29-23(14-17-8-9-18-5-1-2-6-19(18)13-17)28-12-4-3-7-22(28)24-26-16-20-15-25-11-10-21(20)27-24/h8-9,13,16,22,25H,1-7,10-12,14-15H2/t22-/m1/s1. The van der Waals surface area contributed by atoms with E-state index in [-0.39, 0.29) is 11.9 Å². The molecule has 3 heterocycles. The van der Waals surface area contributed by atoms with Crippen LogP contribution in [-0.4, -0.2) is 33.9 Å². The van der Waals surface area contributed by atoms with Crippen LogP contribution in [0.3, 0.4) is 0 Å². The predicted molar refractivity (Wildman–Crippen MR) is 113 cm³/mol. The van der Waals surface area contributed by atoms with Gasteiger partial charge in [-0.15, -0.1) is 0 Å². The van der Waals surface area contributed by atoms with Crippen LogP contribution in [0.1, 0.15) is 71.9 Å². The lowest BCUT2D eigenvalue weighted by Crippen LogP contribution is -2.40. The molecule has 0 unspecified atom stereocenters. The van der Waals surface area contributed by atoms with Crippen molar-refractivity contribution in [3.63, 3.8) is 0 Å². The molecule has 3 aliphatic rings. The Labute approximate surface area is 172 Å². The van der Waals surface area contributed by atoms with Crippen LogP contribution in [0.5, 0.6) is 0 Å². The molecule has 0 bridgehead atoms. The van der Waals surface area contributed by atoms with E-state index in [1.807, 2.05) is 11.1 Å². The third-order valence-corrected chi connectivity index (χ3v) is 6.72. The minimum absolute atomic E-state index is 0.0223. The smallest absolute Gasteiger partial charge is 0.227 e. The fraction of sp³-hybridized carbons (Fsp3) is 0.542. The van der Waals surface area contributed by atoms with Gasteiger partial charge in [-0.2, -0.15) is 0 Å². The lowest BCUT2D eigenvalue weighted by atomic mass is 9.89. The van der Waals surface area contributed by atoms with Crippen molar-refractivity contribution in [1.82, 2.24) is 20.2 Å². The molecule has 5 heteroatoms. The second-order valence-electron chi connectivity index (χ2n) is 8.71. The minimum Gasteiger partial charge on any atom is -0.332 e. The van der Waals surface area contributed by atoms with Gasteiger partial charge < -0.3 is 10.2 Å². The largest absolute Gasteiger partial charge is 0.332 e. The number of nitrogens with one attached hydrogen (secondary N) is 1. The number of benzene rings is 1. The van der Waals surface area contributed by atoms with E-state index in [4.69, 9.17) is 4.98 Å². The Balaban J connectivity index is 1.35. The number of aromatic nitrogens is 2. The second kappa shape index (κ2) is 8.23. The van der Waals surface area contributed by atoms with Crippen molar-refractivity contribution in [3.8, 4) is 0 Å². The summed E-state index contributed by atoms with van der Waals surface area (Å²) in [6.45, 7) is 2.63. The van der Waals surface area contributed by atoms with Crippen LogP contribution in [-0.2, 0) is 37.0 Å². The van der Waals surface area contributed by atoms with Gasteiger partial charge in [0.25, 0.3) is 0 Å². The number of amides is 1. The molecule has 5 rings (SSSR count). The maximum atomic E-state index is 13.3. The number of rotatable bonds is 3. The molecular formula is C24H30N4O. The summed E-state index contributed by atoms with van der Waals surface area (Å²) >= 11 is 0. The van der Waals surface area contributed by atoms with Crippen LogP contribution in [0, 0.1) is 0 Å². The summed E-state index contributed by atoms with van der Waals surface area (Å²) in [4.78, 5) is 24.9. The Morgan fingerprint density at radius 1 is 1.07 bits per heavy atom. The van der Waals surface area contributed by atoms with E-state index in [2.05, 4.69) is 28.5 Å². The first-order valence-corrected chi connectivity index (χ1v) is 11.2. The zero-order valence-corrected chi connectivity index (χ0v) is 17.1. The summed E-state index contributed by atoms with van der Waals surface area (Å²) in [5.74, 6) is 1.05. The van der Waals surface area contributed by atoms with E-state index in [1.165, 1.54) is 36.0 Å². The number of nitrogens with zero attached hydrogens (tertiary/aromatic N) is 3. The van der Waals surface area contributed by atoms with Gasteiger partial charge in [0.15, 0.2) is 5.82 Å². The van der Waals surface area contributed by atoms with Gasteiger partial charge in [0.05, 0.1) is 12.5 Å². The van der Waals surface area contributed by atoms with E-state index in [9.17, 15) is 4.79 Å². The van der Waals surface area contributed by atoms with Crippen molar-refractivity contribution in [1.29, 1.82) is 0 Å². The predicted octanol–water partition coefficient (Wildman–Crippen LogP) is 3.30. The Kier molecular flexibility index (Phi) is 5.32. The topological polar surface area (TPSA) is 58.1 Å². The summed E-state index contributed by atoms with van der Waals surface area (Å²) in [6.07, 6.45) is 11.5. The van der Waals surface area contributed by atoms with Gasteiger partial charge in [0.1, 0.15) is 0 Å². The number of hydrogen-bond acceptors (Lipinski definition) is 4. The molecule has 0 spiro atoms. The Morgan fingerprint density at radius 3 is 2.90 bits per heavy atom. The maximum absolute atomic E-state index is 13.3. The number of carbonyl (C=O) groups excluding carboxylic acids is 1. The second-order valence-corrected chi connectivity index (χ2v) is 8.71. The molecule has 1 aliphatic carbocycles. The molecule has 1 N–H and O–H groups in total. The monoisotopic (exact) mass is 390 g/mol. The fourth-order valence-corrected chi connectivity index (χ4v) is 5.08.